The van der Waals surface area contributed by atoms with Crippen LogP contribution in [0.25, 0.3) is 0 Å². The van der Waals surface area contributed by atoms with Gasteiger partial charge in [0.2, 0.25) is 0 Å². The Morgan fingerprint density at radius 3 is 2.63 bits per heavy atom. The van der Waals surface area contributed by atoms with Crippen LogP contribution in [0.5, 0.6) is 0 Å². The molecule has 0 aliphatic carbocycles. The Kier molecular flexibility index (Phi) is 5.31. The Bertz CT molecular complexity index is 481. The number of rotatable bonds is 6. The van der Waals surface area contributed by atoms with Crippen molar-refractivity contribution in [2.24, 2.45) is 0 Å². The van der Waals surface area contributed by atoms with Gasteiger partial charge in [0.1, 0.15) is 0 Å². The molecular weight excluding hydrogens is 317 g/mol. The summed E-state index contributed by atoms with van der Waals surface area (Å²) in [7, 11) is 0. The molecule has 3 N–H and O–H groups in total. The van der Waals surface area contributed by atoms with Crippen LogP contribution in [0.2, 0.25) is 0 Å². The van der Waals surface area contributed by atoms with E-state index in [2.05, 4.69) is 21.2 Å². The Hall–Kier alpha value is -1.14. The summed E-state index contributed by atoms with van der Waals surface area (Å²) in [5, 5.41) is 20.9. The van der Waals surface area contributed by atoms with E-state index in [1.54, 1.807) is 0 Å². The first kappa shape index (κ1) is 15.9. The molecule has 0 aromatic heterocycles. The van der Waals surface area contributed by atoms with Crippen molar-refractivity contribution in [2.75, 3.05) is 11.9 Å². The van der Waals surface area contributed by atoms with Crippen molar-refractivity contribution in [2.45, 2.75) is 32.2 Å². The molecule has 0 bridgehead atoms. The quantitative estimate of drug-likeness (QED) is 0.747. The predicted molar refractivity (Wildman–Crippen MR) is 75.1 cm³/mol. The van der Waals surface area contributed by atoms with Gasteiger partial charge in [-0.1, -0.05) is 6.92 Å². The number of carboxylic acids is 1. The number of carbonyl (C=O) groups is 1. The van der Waals surface area contributed by atoms with Crippen LogP contribution in [0.3, 0.4) is 0 Å². The highest BCUT2D eigenvalue weighted by Gasteiger charge is 2.24. The minimum Gasteiger partial charge on any atom is -0.478 e. The van der Waals surface area contributed by atoms with Crippen molar-refractivity contribution < 1.29 is 19.4 Å². The summed E-state index contributed by atoms with van der Waals surface area (Å²) >= 11 is 2.95. The van der Waals surface area contributed by atoms with Gasteiger partial charge in [-0.15, -0.1) is 0 Å². The van der Waals surface area contributed by atoms with Crippen molar-refractivity contribution in [1.82, 2.24) is 0 Å². The first-order valence-electron chi connectivity index (χ1n) is 5.95. The van der Waals surface area contributed by atoms with Crippen molar-refractivity contribution in [1.29, 1.82) is 0 Å². The lowest BCUT2D eigenvalue weighted by molar-refractivity contribution is 0.0695. The molecule has 1 rings (SSSR count). The number of carboxylic acid groups (broad SMARTS) is 1. The lowest BCUT2D eigenvalue weighted by Gasteiger charge is -2.30. The number of aliphatic hydroxyl groups is 1. The normalized spacial score (nSPS) is 13.9. The first-order chi connectivity index (χ1) is 8.84. The largest absolute Gasteiger partial charge is 0.478 e. The van der Waals surface area contributed by atoms with Crippen molar-refractivity contribution >= 4 is 27.6 Å². The average Bonchev–Trinajstić information content (AvgIpc) is 2.35. The maximum atomic E-state index is 14.1. The molecule has 0 saturated heterocycles. The topological polar surface area (TPSA) is 69.6 Å². The summed E-state index contributed by atoms with van der Waals surface area (Å²) in [5.41, 5.74) is -0.349. The van der Waals surface area contributed by atoms with Gasteiger partial charge in [0.05, 0.1) is 15.7 Å². The number of aromatic carboxylic acids is 1. The van der Waals surface area contributed by atoms with Gasteiger partial charge < -0.3 is 15.5 Å². The van der Waals surface area contributed by atoms with E-state index >= 15 is 0 Å². The van der Waals surface area contributed by atoms with Crippen LogP contribution >= 0.6 is 15.9 Å². The zero-order valence-electron chi connectivity index (χ0n) is 10.8. The summed E-state index contributed by atoms with van der Waals surface area (Å²) in [5.74, 6) is -1.83. The van der Waals surface area contributed by atoms with Crippen LogP contribution in [0.15, 0.2) is 16.6 Å². The third-order valence-electron chi connectivity index (χ3n) is 3.19. The fourth-order valence-electron chi connectivity index (χ4n) is 1.71. The molecule has 0 heterocycles. The molecule has 106 valence electrons. The van der Waals surface area contributed by atoms with E-state index in [0.29, 0.717) is 12.8 Å². The van der Waals surface area contributed by atoms with Crippen LogP contribution in [0.1, 0.15) is 37.0 Å². The third-order valence-corrected chi connectivity index (χ3v) is 3.97. The van der Waals surface area contributed by atoms with Crippen LogP contribution in [-0.4, -0.2) is 28.3 Å². The third kappa shape index (κ3) is 3.67. The Morgan fingerprint density at radius 2 is 2.16 bits per heavy atom. The molecule has 6 heteroatoms. The lowest BCUT2D eigenvalue weighted by Crippen LogP contribution is -2.35. The van der Waals surface area contributed by atoms with E-state index in [4.69, 9.17) is 10.2 Å². The molecule has 0 fully saturated rings. The maximum Gasteiger partial charge on any atom is 0.336 e. The number of nitrogens with one attached hydrogen (secondary N) is 1. The highest BCUT2D eigenvalue weighted by Crippen LogP contribution is 2.30. The van der Waals surface area contributed by atoms with Gasteiger partial charge in [0, 0.05) is 12.1 Å². The molecule has 1 unspecified atom stereocenters. The van der Waals surface area contributed by atoms with Gasteiger partial charge in [-0.3, -0.25) is 0 Å². The molecule has 0 amide bonds. The second kappa shape index (κ2) is 6.34. The van der Waals surface area contributed by atoms with E-state index in [1.165, 1.54) is 12.1 Å². The number of aliphatic hydroxyl groups excluding tert-OH is 1. The molecule has 19 heavy (non-hydrogen) atoms. The number of hydrogen-bond acceptors (Lipinski definition) is 3. The van der Waals surface area contributed by atoms with E-state index in [9.17, 15) is 9.18 Å². The number of halogens is 2. The summed E-state index contributed by atoms with van der Waals surface area (Å²) in [6.07, 6.45) is 1.17. The van der Waals surface area contributed by atoms with E-state index in [0.717, 1.165) is 0 Å². The average molecular weight is 334 g/mol. The van der Waals surface area contributed by atoms with Gasteiger partial charge in [-0.2, -0.15) is 0 Å². The fourth-order valence-corrected chi connectivity index (χ4v) is 2.23. The minimum absolute atomic E-state index is 0.00661. The molecule has 4 nitrogen and oxygen atoms in total. The maximum absolute atomic E-state index is 14.1. The number of anilines is 1. The second-order valence-corrected chi connectivity index (χ2v) is 5.40. The van der Waals surface area contributed by atoms with Crippen LogP contribution < -0.4 is 5.32 Å². The molecule has 0 saturated carbocycles. The van der Waals surface area contributed by atoms with Gasteiger partial charge in [-0.25, -0.2) is 9.18 Å². The second-order valence-electron chi connectivity index (χ2n) is 4.61. The molecule has 1 aromatic rings. The zero-order valence-corrected chi connectivity index (χ0v) is 12.4. The molecule has 0 aliphatic rings. The Morgan fingerprint density at radius 1 is 1.53 bits per heavy atom. The van der Waals surface area contributed by atoms with Crippen molar-refractivity contribution in [3.05, 3.63) is 28.0 Å². The Balaban J connectivity index is 3.09. The van der Waals surface area contributed by atoms with Gasteiger partial charge in [0.15, 0.2) is 5.82 Å². The zero-order chi connectivity index (χ0) is 14.6. The molecule has 0 spiro atoms. The SMILES string of the molecule is CCC(C)(CCO)Nc1ccc(C(=O)O)c(Br)c1F. The Labute approximate surface area is 119 Å². The highest BCUT2D eigenvalue weighted by atomic mass is 79.9. The standard InChI is InChI=1S/C13H17BrFNO3/c1-3-13(2,6-7-17)16-9-5-4-8(12(18)19)10(14)11(9)15/h4-5,16-17H,3,6-7H2,1-2H3,(H,18,19). The van der Waals surface area contributed by atoms with E-state index in [1.807, 2.05) is 13.8 Å². The summed E-state index contributed by atoms with van der Waals surface area (Å²) in [6.45, 7) is 3.80. The van der Waals surface area contributed by atoms with E-state index in [-0.39, 0.29) is 22.3 Å². The predicted octanol–water partition coefficient (Wildman–Crippen LogP) is 3.25. The van der Waals surface area contributed by atoms with Crippen LogP contribution in [0, 0.1) is 5.82 Å². The summed E-state index contributed by atoms with van der Waals surface area (Å²) < 4.78 is 14.0. The van der Waals surface area contributed by atoms with Gasteiger partial charge >= 0.3 is 5.97 Å². The molecule has 1 aromatic carbocycles. The first-order valence-corrected chi connectivity index (χ1v) is 6.74. The highest BCUT2D eigenvalue weighted by molar-refractivity contribution is 9.10. The molecular formula is C13H17BrFNO3. The van der Waals surface area contributed by atoms with Crippen molar-refractivity contribution in [3.8, 4) is 0 Å². The fraction of sp³-hybridized carbons (Fsp3) is 0.462. The van der Waals surface area contributed by atoms with Crippen LogP contribution in [0.4, 0.5) is 10.1 Å². The number of benzene rings is 1. The van der Waals surface area contributed by atoms with Gasteiger partial charge in [0.25, 0.3) is 0 Å². The van der Waals surface area contributed by atoms with E-state index < -0.39 is 17.3 Å². The smallest absolute Gasteiger partial charge is 0.336 e. The molecule has 0 radical (unpaired) electrons. The summed E-state index contributed by atoms with van der Waals surface area (Å²) in [6, 6.07) is 2.74. The lowest BCUT2D eigenvalue weighted by atomic mass is 9.94. The van der Waals surface area contributed by atoms with Gasteiger partial charge in [-0.05, 0) is 47.8 Å². The van der Waals surface area contributed by atoms with Crippen molar-refractivity contribution in [3.63, 3.8) is 0 Å². The minimum atomic E-state index is -1.19. The summed E-state index contributed by atoms with van der Waals surface area (Å²) in [4.78, 5) is 10.9. The number of hydrogen-bond donors (Lipinski definition) is 3. The monoisotopic (exact) mass is 333 g/mol. The van der Waals surface area contributed by atoms with Crippen LogP contribution in [-0.2, 0) is 0 Å². The molecule has 0 aliphatic heterocycles. The molecule has 1 atom stereocenters.